The Hall–Kier alpha value is -0.950. The molecular weight excluding hydrogens is 263 g/mol. The molecule has 0 spiro atoms. The smallest absolute Gasteiger partial charge is 0.126 e. The van der Waals surface area contributed by atoms with Crippen LogP contribution in [0.4, 0.5) is 0 Å². The molecule has 0 fully saturated rings. The van der Waals surface area contributed by atoms with Crippen molar-refractivity contribution in [2.45, 2.75) is 19.5 Å². The highest BCUT2D eigenvalue weighted by atomic mass is 35.5. The molecule has 2 nitrogen and oxygen atoms in total. The van der Waals surface area contributed by atoms with E-state index in [1.807, 2.05) is 13.0 Å². The van der Waals surface area contributed by atoms with Crippen LogP contribution in [0.1, 0.15) is 12.5 Å². The van der Waals surface area contributed by atoms with Crippen LogP contribution in [0.15, 0.2) is 53.1 Å². The number of rotatable bonds is 6. The lowest BCUT2D eigenvalue weighted by Crippen LogP contribution is -2.24. The molecule has 0 saturated heterocycles. The Labute approximate surface area is 116 Å². The molecule has 0 aromatic heterocycles. The molecule has 96 valence electrons. The highest BCUT2D eigenvalue weighted by molar-refractivity contribution is 7.27. The summed E-state index contributed by atoms with van der Waals surface area (Å²) in [7, 11) is 2.67. The van der Waals surface area contributed by atoms with Crippen molar-refractivity contribution in [2.24, 2.45) is 4.99 Å². The molecule has 1 N–H and O–H groups in total. The van der Waals surface area contributed by atoms with Crippen molar-refractivity contribution in [2.75, 3.05) is 0 Å². The number of halogens is 1. The van der Waals surface area contributed by atoms with Crippen molar-refractivity contribution in [3.05, 3.63) is 53.7 Å². The topological polar surface area (TPSA) is 24.4 Å². The molecule has 0 aliphatic carbocycles. The van der Waals surface area contributed by atoms with E-state index in [1.54, 1.807) is 12.3 Å². The van der Waals surface area contributed by atoms with Crippen molar-refractivity contribution in [1.29, 1.82) is 0 Å². The van der Waals surface area contributed by atoms with Crippen LogP contribution in [-0.2, 0) is 6.54 Å². The monoisotopic (exact) mass is 280 g/mol. The first kappa shape index (κ1) is 15.1. The van der Waals surface area contributed by atoms with Gasteiger partial charge in [0.15, 0.2) is 0 Å². The Bertz CT molecular complexity index is 438. The van der Waals surface area contributed by atoms with Gasteiger partial charge >= 0.3 is 0 Å². The van der Waals surface area contributed by atoms with Crippen LogP contribution in [0.5, 0.6) is 0 Å². The highest BCUT2D eigenvalue weighted by Gasteiger charge is 2.01. The average molecular weight is 281 g/mol. The number of nitrogens with zero attached hydrogens (tertiary/aromatic N) is 1. The molecule has 0 heterocycles. The van der Waals surface area contributed by atoms with Crippen LogP contribution in [0.25, 0.3) is 0 Å². The molecule has 4 heteroatoms. The fourth-order valence-electron chi connectivity index (χ4n) is 1.40. The van der Waals surface area contributed by atoms with Gasteiger partial charge in [0.2, 0.25) is 0 Å². The Morgan fingerprint density at radius 2 is 2.17 bits per heavy atom. The summed E-state index contributed by atoms with van der Waals surface area (Å²) in [4.78, 5) is 3.99. The van der Waals surface area contributed by atoms with Gasteiger partial charge in [-0.15, -0.1) is 15.8 Å². The van der Waals surface area contributed by atoms with Gasteiger partial charge in [0.1, 0.15) is 5.16 Å². The molecule has 0 aliphatic rings. The predicted molar refractivity (Wildman–Crippen MR) is 84.7 cm³/mol. The summed E-state index contributed by atoms with van der Waals surface area (Å²) >= 11 is 5.93. The Morgan fingerprint density at radius 3 is 2.72 bits per heavy atom. The summed E-state index contributed by atoms with van der Waals surface area (Å²) in [5.74, 6) is 0. The van der Waals surface area contributed by atoms with Crippen molar-refractivity contribution in [1.82, 2.24) is 5.32 Å². The summed E-state index contributed by atoms with van der Waals surface area (Å²) in [6, 6.07) is 8.32. The molecule has 1 rings (SSSR count). The predicted octanol–water partition coefficient (Wildman–Crippen LogP) is 3.00. The lowest BCUT2D eigenvalue weighted by atomic mass is 10.2. The quantitative estimate of drug-likeness (QED) is 0.368. The molecule has 18 heavy (non-hydrogen) atoms. The Morgan fingerprint density at radius 1 is 1.50 bits per heavy atom. The summed E-state index contributed by atoms with van der Waals surface area (Å²) in [5.41, 5.74) is 1.22. The second-order valence-electron chi connectivity index (χ2n) is 3.76. The number of benzene rings is 1. The first-order valence-electron chi connectivity index (χ1n) is 5.72. The van der Waals surface area contributed by atoms with Crippen LogP contribution in [0.2, 0.25) is 0 Å². The van der Waals surface area contributed by atoms with Gasteiger partial charge in [0, 0.05) is 18.8 Å². The normalized spacial score (nSPS) is 13.8. The standard InChI is InChI=1S/C14H18ClN2P/c1-3-12(9-14(15)16-4-2)17-10-11-5-7-13(18)8-6-11/h3-9,12,17H,1,10,18H2,2H3/b14-9-,16-4-. The first-order valence-corrected chi connectivity index (χ1v) is 6.67. The van der Waals surface area contributed by atoms with Crippen LogP contribution in [-0.4, -0.2) is 12.3 Å². The van der Waals surface area contributed by atoms with Crippen LogP contribution in [0.3, 0.4) is 0 Å². The third-order valence-corrected chi connectivity index (χ3v) is 2.95. The van der Waals surface area contributed by atoms with E-state index >= 15 is 0 Å². The fraction of sp³-hybridized carbons (Fsp3) is 0.214. The van der Waals surface area contributed by atoms with E-state index in [9.17, 15) is 0 Å². The maximum atomic E-state index is 5.93. The van der Waals surface area contributed by atoms with E-state index in [4.69, 9.17) is 11.6 Å². The number of hydrogen-bond donors (Lipinski definition) is 1. The van der Waals surface area contributed by atoms with Crippen molar-refractivity contribution < 1.29 is 0 Å². The molecule has 2 unspecified atom stereocenters. The Kier molecular flexibility index (Phi) is 6.89. The van der Waals surface area contributed by atoms with Gasteiger partial charge < -0.3 is 5.32 Å². The second-order valence-corrected chi connectivity index (χ2v) is 4.81. The zero-order valence-electron chi connectivity index (χ0n) is 10.4. The van der Waals surface area contributed by atoms with Gasteiger partial charge in [0.25, 0.3) is 0 Å². The molecule has 2 atom stereocenters. The molecule has 0 saturated carbocycles. The molecular formula is C14H18ClN2P. The Balaban J connectivity index is 2.57. The van der Waals surface area contributed by atoms with E-state index in [0.717, 1.165) is 6.54 Å². The summed E-state index contributed by atoms with van der Waals surface area (Å²) < 4.78 is 0. The van der Waals surface area contributed by atoms with Gasteiger partial charge in [0.05, 0.1) is 0 Å². The van der Waals surface area contributed by atoms with E-state index in [1.165, 1.54) is 10.9 Å². The van der Waals surface area contributed by atoms with Crippen molar-refractivity contribution >= 4 is 32.4 Å². The zero-order valence-corrected chi connectivity index (χ0v) is 12.3. The van der Waals surface area contributed by atoms with Gasteiger partial charge in [-0.1, -0.05) is 41.9 Å². The minimum Gasteiger partial charge on any atom is -0.303 e. The van der Waals surface area contributed by atoms with E-state index in [2.05, 4.69) is 50.4 Å². The van der Waals surface area contributed by atoms with Crippen molar-refractivity contribution in [3.63, 3.8) is 0 Å². The molecule has 0 bridgehead atoms. The lowest BCUT2D eigenvalue weighted by Gasteiger charge is -2.11. The molecule has 0 amide bonds. The minimum absolute atomic E-state index is 0.0110. The molecule has 0 aliphatic heterocycles. The summed E-state index contributed by atoms with van der Waals surface area (Å²) in [6.07, 6.45) is 5.30. The second kappa shape index (κ2) is 8.20. The maximum Gasteiger partial charge on any atom is 0.126 e. The summed E-state index contributed by atoms with van der Waals surface area (Å²) in [5, 5.41) is 4.98. The number of nitrogens with one attached hydrogen (secondary N) is 1. The highest BCUT2D eigenvalue weighted by Crippen LogP contribution is 2.06. The van der Waals surface area contributed by atoms with E-state index in [-0.39, 0.29) is 6.04 Å². The van der Waals surface area contributed by atoms with Gasteiger partial charge in [-0.25, -0.2) is 4.99 Å². The molecule has 1 aromatic carbocycles. The third-order valence-electron chi connectivity index (χ3n) is 2.35. The number of hydrogen-bond acceptors (Lipinski definition) is 2. The van der Waals surface area contributed by atoms with Gasteiger partial charge in [-0.3, -0.25) is 0 Å². The van der Waals surface area contributed by atoms with Crippen LogP contribution >= 0.6 is 20.8 Å². The zero-order chi connectivity index (χ0) is 13.4. The maximum absolute atomic E-state index is 5.93. The minimum atomic E-state index is 0.0110. The molecule has 1 aromatic rings. The fourth-order valence-corrected chi connectivity index (χ4v) is 1.82. The van der Waals surface area contributed by atoms with Gasteiger partial charge in [-0.2, -0.15) is 0 Å². The largest absolute Gasteiger partial charge is 0.303 e. The van der Waals surface area contributed by atoms with Crippen molar-refractivity contribution in [3.8, 4) is 0 Å². The lowest BCUT2D eigenvalue weighted by molar-refractivity contribution is 0.675. The van der Waals surface area contributed by atoms with E-state index in [0.29, 0.717) is 5.16 Å². The average Bonchev–Trinajstić information content (AvgIpc) is 2.36. The SMILES string of the molecule is C=CC(/C=C(Cl)\N=C/C)NCc1ccc(P)cc1. The number of aliphatic imine (C=N–C) groups is 1. The summed E-state index contributed by atoms with van der Waals surface area (Å²) in [6.45, 7) is 6.37. The third kappa shape index (κ3) is 5.59. The first-order chi connectivity index (χ1) is 8.65. The van der Waals surface area contributed by atoms with Crippen LogP contribution in [0, 0.1) is 0 Å². The van der Waals surface area contributed by atoms with E-state index < -0.39 is 0 Å². The van der Waals surface area contributed by atoms with Crippen LogP contribution < -0.4 is 10.6 Å². The molecule has 0 radical (unpaired) electrons. The van der Waals surface area contributed by atoms with Gasteiger partial charge in [-0.05, 0) is 23.9 Å².